The van der Waals surface area contributed by atoms with Crippen LogP contribution in [0.2, 0.25) is 10.0 Å². The third kappa shape index (κ3) is 4.04. The number of hydrogen-bond acceptors (Lipinski definition) is 5. The van der Waals surface area contributed by atoms with Crippen molar-refractivity contribution in [2.75, 3.05) is 26.2 Å². The van der Waals surface area contributed by atoms with E-state index in [4.69, 9.17) is 23.2 Å². The van der Waals surface area contributed by atoms with Crippen LogP contribution < -0.4 is 0 Å². The van der Waals surface area contributed by atoms with E-state index < -0.39 is 10.0 Å². The number of thiazole rings is 1. The van der Waals surface area contributed by atoms with Gasteiger partial charge in [-0.3, -0.25) is 4.79 Å². The van der Waals surface area contributed by atoms with Crippen LogP contribution in [0.4, 0.5) is 0 Å². The quantitative estimate of drug-likeness (QED) is 0.742. The van der Waals surface area contributed by atoms with Crippen LogP contribution in [-0.2, 0) is 21.2 Å². The number of hydrogen-bond donors (Lipinski definition) is 0. The number of benzene rings is 1. The first-order valence-electron chi connectivity index (χ1n) is 7.92. The maximum Gasteiger partial charge on any atom is 0.246 e. The summed E-state index contributed by atoms with van der Waals surface area (Å²) < 4.78 is 27.0. The Kier molecular flexibility index (Phi) is 5.88. The molecule has 1 saturated heterocycles. The van der Waals surface area contributed by atoms with Gasteiger partial charge in [0.1, 0.15) is 4.90 Å². The number of halogens is 2. The Hall–Kier alpha value is -1.19. The number of amides is 1. The SMILES string of the molecule is Cc1nc(CC(=O)N2CCN(S(=O)(=O)c3c(Cl)cccc3Cl)CC2)cs1. The molecule has 0 aliphatic carbocycles. The zero-order valence-electron chi connectivity index (χ0n) is 14.0. The molecule has 1 aliphatic rings. The number of carbonyl (C=O) groups excluding carboxylic acids is 1. The van der Waals surface area contributed by atoms with Gasteiger partial charge in [-0.15, -0.1) is 11.3 Å². The Morgan fingerprint density at radius 1 is 1.19 bits per heavy atom. The molecule has 0 unspecified atom stereocenters. The summed E-state index contributed by atoms with van der Waals surface area (Å²) in [4.78, 5) is 18.3. The third-order valence-electron chi connectivity index (χ3n) is 4.11. The average molecular weight is 434 g/mol. The van der Waals surface area contributed by atoms with Crippen molar-refractivity contribution >= 4 is 50.5 Å². The molecule has 140 valence electrons. The van der Waals surface area contributed by atoms with Crippen molar-refractivity contribution in [3.05, 3.63) is 44.3 Å². The first kappa shape index (κ1) is 19.6. The number of aromatic nitrogens is 1. The predicted molar refractivity (Wildman–Crippen MR) is 102 cm³/mol. The molecule has 0 spiro atoms. The maximum atomic E-state index is 12.8. The lowest BCUT2D eigenvalue weighted by molar-refractivity contribution is -0.131. The Labute approximate surface area is 166 Å². The van der Waals surface area contributed by atoms with Crippen LogP contribution in [-0.4, -0.2) is 54.7 Å². The normalized spacial score (nSPS) is 16.0. The van der Waals surface area contributed by atoms with Crippen molar-refractivity contribution in [2.24, 2.45) is 0 Å². The molecule has 6 nitrogen and oxygen atoms in total. The van der Waals surface area contributed by atoms with Crippen molar-refractivity contribution in [1.82, 2.24) is 14.2 Å². The highest BCUT2D eigenvalue weighted by molar-refractivity contribution is 7.89. The van der Waals surface area contributed by atoms with E-state index >= 15 is 0 Å². The lowest BCUT2D eigenvalue weighted by Gasteiger charge is -2.34. The molecule has 10 heteroatoms. The van der Waals surface area contributed by atoms with Crippen LogP contribution in [0.5, 0.6) is 0 Å². The highest BCUT2D eigenvalue weighted by atomic mass is 35.5. The Morgan fingerprint density at radius 2 is 1.81 bits per heavy atom. The highest BCUT2D eigenvalue weighted by Crippen LogP contribution is 2.31. The van der Waals surface area contributed by atoms with E-state index in [1.54, 1.807) is 11.0 Å². The van der Waals surface area contributed by atoms with Gasteiger partial charge in [-0.1, -0.05) is 29.3 Å². The molecule has 1 aromatic carbocycles. The number of aryl methyl sites for hydroxylation is 1. The molecule has 0 radical (unpaired) electrons. The molecule has 1 aliphatic heterocycles. The summed E-state index contributed by atoms with van der Waals surface area (Å²) >= 11 is 13.6. The first-order chi connectivity index (χ1) is 12.3. The largest absolute Gasteiger partial charge is 0.340 e. The van der Waals surface area contributed by atoms with Gasteiger partial charge in [-0.05, 0) is 19.1 Å². The number of sulfonamides is 1. The van der Waals surface area contributed by atoms with E-state index in [0.717, 1.165) is 10.7 Å². The summed E-state index contributed by atoms with van der Waals surface area (Å²) in [5.74, 6) is -0.0527. The molecule has 0 N–H and O–H groups in total. The lowest BCUT2D eigenvalue weighted by Crippen LogP contribution is -2.51. The molecule has 2 heterocycles. The van der Waals surface area contributed by atoms with Gasteiger partial charge < -0.3 is 4.90 Å². The third-order valence-corrected chi connectivity index (χ3v) is 7.78. The molecule has 2 aromatic rings. The maximum absolute atomic E-state index is 12.8. The summed E-state index contributed by atoms with van der Waals surface area (Å²) in [6.45, 7) is 2.94. The fourth-order valence-corrected chi connectivity index (χ4v) is 5.92. The van der Waals surface area contributed by atoms with E-state index in [-0.39, 0.29) is 40.4 Å². The van der Waals surface area contributed by atoms with Gasteiger partial charge in [0.05, 0.1) is 27.2 Å². The zero-order chi connectivity index (χ0) is 18.9. The van der Waals surface area contributed by atoms with Crippen molar-refractivity contribution < 1.29 is 13.2 Å². The topological polar surface area (TPSA) is 70.6 Å². The van der Waals surface area contributed by atoms with Crippen molar-refractivity contribution in [3.8, 4) is 0 Å². The number of rotatable bonds is 4. The molecule has 1 fully saturated rings. The minimum absolute atomic E-state index is 0.0527. The molecule has 0 saturated carbocycles. The molecule has 26 heavy (non-hydrogen) atoms. The van der Waals surface area contributed by atoms with Gasteiger partial charge >= 0.3 is 0 Å². The summed E-state index contributed by atoms with van der Waals surface area (Å²) in [5, 5.41) is 2.97. The summed E-state index contributed by atoms with van der Waals surface area (Å²) in [6.07, 6.45) is 0.230. The van der Waals surface area contributed by atoms with E-state index in [9.17, 15) is 13.2 Å². The Bertz CT molecular complexity index is 902. The van der Waals surface area contributed by atoms with E-state index in [1.807, 2.05) is 12.3 Å². The average Bonchev–Trinajstić information content (AvgIpc) is 2.99. The minimum atomic E-state index is -3.81. The predicted octanol–water partition coefficient (Wildman–Crippen LogP) is 2.83. The fourth-order valence-electron chi connectivity index (χ4n) is 2.79. The smallest absolute Gasteiger partial charge is 0.246 e. The van der Waals surface area contributed by atoms with E-state index in [1.165, 1.54) is 27.8 Å². The van der Waals surface area contributed by atoms with Gasteiger partial charge in [0.25, 0.3) is 0 Å². The summed E-state index contributed by atoms with van der Waals surface area (Å²) in [5.41, 5.74) is 0.746. The molecular weight excluding hydrogens is 417 g/mol. The number of carbonyl (C=O) groups is 1. The molecule has 1 aromatic heterocycles. The van der Waals surface area contributed by atoms with E-state index in [2.05, 4.69) is 4.98 Å². The van der Waals surface area contributed by atoms with Gasteiger partial charge in [-0.25, -0.2) is 13.4 Å². The van der Waals surface area contributed by atoms with Crippen molar-refractivity contribution in [1.29, 1.82) is 0 Å². The number of nitrogens with zero attached hydrogens (tertiary/aromatic N) is 3. The standard InChI is InChI=1S/C16H17Cl2N3O3S2/c1-11-19-12(10-25-11)9-15(22)20-5-7-21(8-6-20)26(23,24)16-13(17)3-2-4-14(16)18/h2-4,10H,5-9H2,1H3. The second-order valence-corrected chi connectivity index (χ2v) is 9.62. The van der Waals surface area contributed by atoms with Crippen molar-refractivity contribution in [3.63, 3.8) is 0 Å². The second kappa shape index (κ2) is 7.82. The first-order valence-corrected chi connectivity index (χ1v) is 11.0. The molecule has 1 amide bonds. The van der Waals surface area contributed by atoms with Gasteiger partial charge in [0.2, 0.25) is 15.9 Å². The van der Waals surface area contributed by atoms with E-state index in [0.29, 0.717) is 13.1 Å². The minimum Gasteiger partial charge on any atom is -0.340 e. The summed E-state index contributed by atoms with van der Waals surface area (Å²) in [7, 11) is -3.81. The van der Waals surface area contributed by atoms with Gasteiger partial charge in [0.15, 0.2) is 0 Å². The van der Waals surface area contributed by atoms with Crippen LogP contribution in [0.1, 0.15) is 10.7 Å². The number of piperazine rings is 1. The zero-order valence-corrected chi connectivity index (χ0v) is 17.1. The van der Waals surface area contributed by atoms with Gasteiger partial charge in [-0.2, -0.15) is 4.31 Å². The van der Waals surface area contributed by atoms with Crippen molar-refractivity contribution in [2.45, 2.75) is 18.2 Å². The van der Waals surface area contributed by atoms with Gasteiger partial charge in [0, 0.05) is 31.6 Å². The fraction of sp³-hybridized carbons (Fsp3) is 0.375. The molecular formula is C16H17Cl2N3O3S2. The summed E-state index contributed by atoms with van der Waals surface area (Å²) in [6, 6.07) is 4.59. The Balaban J connectivity index is 1.67. The Morgan fingerprint density at radius 3 is 2.35 bits per heavy atom. The molecule has 3 rings (SSSR count). The van der Waals surface area contributed by atoms with Crippen LogP contribution >= 0.6 is 34.5 Å². The second-order valence-electron chi connectivity index (χ2n) is 5.87. The van der Waals surface area contributed by atoms with Crippen LogP contribution in [0.3, 0.4) is 0 Å². The van der Waals surface area contributed by atoms with Crippen LogP contribution in [0.25, 0.3) is 0 Å². The monoisotopic (exact) mass is 433 g/mol. The molecule has 0 atom stereocenters. The van der Waals surface area contributed by atoms with Crippen LogP contribution in [0, 0.1) is 6.92 Å². The highest BCUT2D eigenvalue weighted by Gasteiger charge is 2.33. The lowest BCUT2D eigenvalue weighted by atomic mass is 10.2. The molecule has 0 bridgehead atoms. The van der Waals surface area contributed by atoms with Crippen LogP contribution in [0.15, 0.2) is 28.5 Å².